The van der Waals surface area contributed by atoms with Gasteiger partial charge < -0.3 is 5.32 Å². The predicted molar refractivity (Wildman–Crippen MR) is 62.9 cm³/mol. The summed E-state index contributed by atoms with van der Waals surface area (Å²) in [4.78, 5) is 12.0. The Bertz CT molecular complexity index is 587. The molecule has 0 saturated heterocycles. The lowest BCUT2D eigenvalue weighted by Gasteiger charge is -2.07. The van der Waals surface area contributed by atoms with E-state index >= 15 is 0 Å². The van der Waals surface area contributed by atoms with Gasteiger partial charge in [0.15, 0.2) is 0 Å². The van der Waals surface area contributed by atoms with Gasteiger partial charge in [0, 0.05) is 32.1 Å². The molecule has 0 bridgehead atoms. The lowest BCUT2D eigenvalue weighted by atomic mass is 10.3. The van der Waals surface area contributed by atoms with Crippen LogP contribution in [0.25, 0.3) is 5.69 Å². The molecule has 90 valence electrons. The first kappa shape index (κ1) is 11.4. The number of hydrogen-bond donors (Lipinski definition) is 1. The van der Waals surface area contributed by atoms with Crippen LogP contribution in [-0.2, 0) is 7.05 Å². The summed E-state index contributed by atoms with van der Waals surface area (Å²) < 4.78 is 16.2. The van der Waals surface area contributed by atoms with Gasteiger partial charge in [-0.2, -0.15) is 5.10 Å². The number of rotatable bonds is 3. The van der Waals surface area contributed by atoms with E-state index in [1.807, 2.05) is 6.92 Å². The van der Waals surface area contributed by atoms with Crippen molar-refractivity contribution in [2.45, 2.75) is 6.92 Å². The van der Waals surface area contributed by atoms with Crippen molar-refractivity contribution in [2.75, 3.05) is 11.9 Å². The lowest BCUT2D eigenvalue weighted by Crippen LogP contribution is -2.22. The van der Waals surface area contributed by atoms with E-state index in [0.29, 0.717) is 12.2 Å². The van der Waals surface area contributed by atoms with Gasteiger partial charge in [-0.15, -0.1) is 0 Å². The minimum absolute atomic E-state index is 0.247. The average Bonchev–Trinajstić information content (AvgIpc) is 2.70. The third-order valence-electron chi connectivity index (χ3n) is 2.32. The highest BCUT2D eigenvalue weighted by molar-refractivity contribution is 5.43. The Labute approximate surface area is 97.5 Å². The second-order valence-corrected chi connectivity index (χ2v) is 3.65. The van der Waals surface area contributed by atoms with Crippen molar-refractivity contribution in [3.05, 3.63) is 40.8 Å². The predicted octanol–water partition coefficient (Wildman–Crippen LogP) is 1.14. The Morgan fingerprint density at radius 3 is 2.82 bits per heavy atom. The molecule has 1 N–H and O–H groups in total. The van der Waals surface area contributed by atoms with Gasteiger partial charge in [0.05, 0.1) is 11.9 Å². The first-order valence-corrected chi connectivity index (χ1v) is 5.27. The molecule has 0 aliphatic heterocycles. The van der Waals surface area contributed by atoms with Crippen molar-refractivity contribution in [1.82, 2.24) is 14.3 Å². The first-order valence-electron chi connectivity index (χ1n) is 5.27. The van der Waals surface area contributed by atoms with Crippen LogP contribution in [0.15, 0.2) is 29.5 Å². The van der Waals surface area contributed by atoms with Gasteiger partial charge in [0.1, 0.15) is 11.5 Å². The Kier molecular flexibility index (Phi) is 2.95. The molecular weight excluding hydrogens is 223 g/mol. The molecule has 2 rings (SSSR count). The zero-order valence-electron chi connectivity index (χ0n) is 9.64. The molecule has 2 heterocycles. The van der Waals surface area contributed by atoms with Gasteiger partial charge in [-0.1, -0.05) is 0 Å². The number of aryl methyl sites for hydroxylation is 1. The SMILES string of the molecule is CCNc1cc(F)cn(-c2cnn(C)c2)c1=O. The van der Waals surface area contributed by atoms with Crippen molar-refractivity contribution >= 4 is 5.69 Å². The number of anilines is 1. The van der Waals surface area contributed by atoms with Crippen LogP contribution in [-0.4, -0.2) is 20.9 Å². The summed E-state index contributed by atoms with van der Waals surface area (Å²) in [6.07, 6.45) is 4.31. The molecule has 2 aromatic heterocycles. The number of nitrogens with one attached hydrogen (secondary N) is 1. The van der Waals surface area contributed by atoms with E-state index in [1.54, 1.807) is 17.9 Å². The van der Waals surface area contributed by atoms with Crippen molar-refractivity contribution < 1.29 is 4.39 Å². The van der Waals surface area contributed by atoms with Crippen molar-refractivity contribution in [2.24, 2.45) is 7.05 Å². The summed E-state index contributed by atoms with van der Waals surface area (Å²) in [7, 11) is 1.74. The van der Waals surface area contributed by atoms with E-state index in [-0.39, 0.29) is 11.2 Å². The first-order chi connectivity index (χ1) is 8.11. The Morgan fingerprint density at radius 1 is 1.47 bits per heavy atom. The fourth-order valence-electron chi connectivity index (χ4n) is 1.59. The highest BCUT2D eigenvalue weighted by atomic mass is 19.1. The quantitative estimate of drug-likeness (QED) is 0.869. The van der Waals surface area contributed by atoms with Crippen LogP contribution < -0.4 is 10.9 Å². The lowest BCUT2D eigenvalue weighted by molar-refractivity contribution is 0.613. The number of aromatic nitrogens is 3. The molecule has 6 heteroatoms. The molecule has 0 aliphatic rings. The number of pyridine rings is 1. The van der Waals surface area contributed by atoms with Gasteiger partial charge in [0.25, 0.3) is 5.56 Å². The molecule has 0 saturated carbocycles. The Balaban J connectivity index is 2.58. The molecule has 17 heavy (non-hydrogen) atoms. The van der Waals surface area contributed by atoms with Crippen LogP contribution in [0.1, 0.15) is 6.92 Å². The molecule has 0 atom stereocenters. The van der Waals surface area contributed by atoms with Gasteiger partial charge in [-0.05, 0) is 6.92 Å². The number of nitrogens with zero attached hydrogens (tertiary/aromatic N) is 3. The Hall–Kier alpha value is -2.11. The third-order valence-corrected chi connectivity index (χ3v) is 2.32. The highest BCUT2D eigenvalue weighted by Gasteiger charge is 2.08. The molecule has 0 aliphatic carbocycles. The zero-order chi connectivity index (χ0) is 12.4. The van der Waals surface area contributed by atoms with Crippen LogP contribution in [0.3, 0.4) is 0 Å². The number of halogens is 1. The second kappa shape index (κ2) is 4.40. The van der Waals surface area contributed by atoms with Gasteiger partial charge >= 0.3 is 0 Å². The van der Waals surface area contributed by atoms with E-state index < -0.39 is 5.82 Å². The topological polar surface area (TPSA) is 51.9 Å². The van der Waals surface area contributed by atoms with E-state index in [4.69, 9.17) is 0 Å². The zero-order valence-corrected chi connectivity index (χ0v) is 9.64. The second-order valence-electron chi connectivity index (χ2n) is 3.65. The molecule has 0 unspecified atom stereocenters. The van der Waals surface area contributed by atoms with Crippen LogP contribution in [0.4, 0.5) is 10.1 Å². The van der Waals surface area contributed by atoms with E-state index in [0.717, 1.165) is 6.20 Å². The summed E-state index contributed by atoms with van der Waals surface area (Å²) >= 11 is 0. The molecule has 0 spiro atoms. The summed E-state index contributed by atoms with van der Waals surface area (Å²) in [6.45, 7) is 2.41. The Morgan fingerprint density at radius 2 is 2.24 bits per heavy atom. The van der Waals surface area contributed by atoms with Gasteiger partial charge in [-0.3, -0.25) is 14.0 Å². The molecule has 0 amide bonds. The van der Waals surface area contributed by atoms with Gasteiger partial charge in [-0.25, -0.2) is 4.39 Å². The maximum Gasteiger partial charge on any atom is 0.278 e. The smallest absolute Gasteiger partial charge is 0.278 e. The van der Waals surface area contributed by atoms with Crippen LogP contribution in [0.5, 0.6) is 0 Å². The standard InChI is InChI=1S/C11H13FN4O/c1-3-13-10-4-8(12)6-16(11(10)17)9-5-14-15(2)7-9/h4-7,13H,3H2,1-2H3. The molecule has 0 fully saturated rings. The van der Waals surface area contributed by atoms with E-state index in [9.17, 15) is 9.18 Å². The summed E-state index contributed by atoms with van der Waals surface area (Å²) in [5, 5.41) is 6.79. The van der Waals surface area contributed by atoms with Crippen molar-refractivity contribution in [1.29, 1.82) is 0 Å². The minimum Gasteiger partial charge on any atom is -0.381 e. The summed E-state index contributed by atoms with van der Waals surface area (Å²) in [6, 6.07) is 1.19. The summed E-state index contributed by atoms with van der Waals surface area (Å²) in [5.74, 6) is -0.468. The molecule has 0 radical (unpaired) electrons. The van der Waals surface area contributed by atoms with E-state index in [1.165, 1.54) is 16.8 Å². The van der Waals surface area contributed by atoms with Crippen LogP contribution >= 0.6 is 0 Å². The van der Waals surface area contributed by atoms with E-state index in [2.05, 4.69) is 10.4 Å². The minimum atomic E-state index is -0.468. The molecule has 5 nitrogen and oxygen atoms in total. The average molecular weight is 236 g/mol. The molecule has 2 aromatic rings. The van der Waals surface area contributed by atoms with Crippen molar-refractivity contribution in [3.8, 4) is 5.69 Å². The maximum atomic E-state index is 13.4. The van der Waals surface area contributed by atoms with Crippen LogP contribution in [0, 0.1) is 5.82 Å². The molecular formula is C11H13FN4O. The van der Waals surface area contributed by atoms with Gasteiger partial charge in [0.2, 0.25) is 0 Å². The fraction of sp³-hybridized carbons (Fsp3) is 0.273. The number of hydrogen-bond acceptors (Lipinski definition) is 3. The maximum absolute atomic E-state index is 13.4. The summed E-state index contributed by atoms with van der Waals surface area (Å²) in [5.41, 5.74) is 0.494. The molecule has 0 aromatic carbocycles. The normalized spacial score (nSPS) is 10.5. The largest absolute Gasteiger partial charge is 0.381 e. The fourth-order valence-corrected chi connectivity index (χ4v) is 1.59. The van der Waals surface area contributed by atoms with Crippen LogP contribution in [0.2, 0.25) is 0 Å². The monoisotopic (exact) mass is 236 g/mol. The van der Waals surface area contributed by atoms with Crippen molar-refractivity contribution in [3.63, 3.8) is 0 Å². The third kappa shape index (κ3) is 2.20. The highest BCUT2D eigenvalue weighted by Crippen LogP contribution is 2.08.